The highest BCUT2D eigenvalue weighted by atomic mass is 19.4. The molecule has 0 radical (unpaired) electrons. The molecule has 0 heterocycles. The number of hydrogen-bond donors (Lipinski definition) is 2. The van der Waals surface area contributed by atoms with Crippen LogP contribution in [0.15, 0.2) is 42.5 Å². The summed E-state index contributed by atoms with van der Waals surface area (Å²) in [5.74, 6) is -0.716. The number of amides is 2. The summed E-state index contributed by atoms with van der Waals surface area (Å²) in [6.07, 6.45) is -4.42. The lowest BCUT2D eigenvalue weighted by molar-refractivity contribution is -0.153. The first-order valence-electron chi connectivity index (χ1n) is 8.55. The summed E-state index contributed by atoms with van der Waals surface area (Å²) in [4.78, 5) is 24.0. The van der Waals surface area contributed by atoms with Gasteiger partial charge in [0.2, 0.25) is 5.91 Å². The Kier molecular flexibility index (Phi) is 7.03. The fourth-order valence-corrected chi connectivity index (χ4v) is 2.32. The molecule has 0 atom stereocenters. The molecule has 0 aliphatic rings. The molecule has 0 aliphatic heterocycles. The Morgan fingerprint density at radius 1 is 1.00 bits per heavy atom. The van der Waals surface area contributed by atoms with Gasteiger partial charge in [-0.15, -0.1) is 0 Å². The first kappa shape index (κ1) is 21.3. The molecular weight excluding hydrogens is 373 g/mol. The van der Waals surface area contributed by atoms with Gasteiger partial charge in [-0.05, 0) is 54.8 Å². The van der Waals surface area contributed by atoms with E-state index in [1.165, 1.54) is 18.2 Å². The number of carbonyl (C=O) groups is 2. The highest BCUT2D eigenvalue weighted by molar-refractivity contribution is 5.96. The Morgan fingerprint density at radius 2 is 1.75 bits per heavy atom. The summed E-state index contributed by atoms with van der Waals surface area (Å²) >= 11 is 0. The van der Waals surface area contributed by atoms with Gasteiger partial charge in [0, 0.05) is 12.1 Å². The third kappa shape index (κ3) is 6.94. The SMILES string of the molecule is Cc1ccc(C(=O)NCC(=O)NCc2cccc(OCC(F)(F)F)c2)cc1C. The van der Waals surface area contributed by atoms with E-state index in [4.69, 9.17) is 0 Å². The van der Waals surface area contributed by atoms with Gasteiger partial charge in [-0.25, -0.2) is 0 Å². The Hall–Kier alpha value is -3.03. The van der Waals surface area contributed by atoms with Crippen LogP contribution in [0.5, 0.6) is 5.75 Å². The molecule has 0 unspecified atom stereocenters. The van der Waals surface area contributed by atoms with Crippen molar-refractivity contribution in [3.8, 4) is 5.75 Å². The first-order valence-corrected chi connectivity index (χ1v) is 8.55. The molecular formula is C20H21F3N2O3. The number of halogens is 3. The second-order valence-corrected chi connectivity index (χ2v) is 6.31. The molecule has 0 fully saturated rings. The van der Waals surface area contributed by atoms with E-state index in [2.05, 4.69) is 15.4 Å². The second-order valence-electron chi connectivity index (χ2n) is 6.31. The summed E-state index contributed by atoms with van der Waals surface area (Å²) in [6, 6.07) is 11.3. The number of rotatable bonds is 7. The van der Waals surface area contributed by atoms with E-state index in [9.17, 15) is 22.8 Å². The van der Waals surface area contributed by atoms with Gasteiger partial charge in [-0.2, -0.15) is 13.2 Å². The van der Waals surface area contributed by atoms with E-state index in [-0.39, 0.29) is 24.7 Å². The zero-order valence-corrected chi connectivity index (χ0v) is 15.5. The fraction of sp³-hybridized carbons (Fsp3) is 0.300. The van der Waals surface area contributed by atoms with Crippen LogP contribution in [0.25, 0.3) is 0 Å². The van der Waals surface area contributed by atoms with Gasteiger partial charge in [0.15, 0.2) is 6.61 Å². The van der Waals surface area contributed by atoms with Gasteiger partial charge in [-0.3, -0.25) is 9.59 Å². The summed E-state index contributed by atoms with van der Waals surface area (Å²) in [5.41, 5.74) is 3.08. The van der Waals surface area contributed by atoms with Crippen molar-refractivity contribution in [2.24, 2.45) is 0 Å². The zero-order chi connectivity index (χ0) is 20.7. The molecule has 2 aromatic rings. The molecule has 5 nitrogen and oxygen atoms in total. The topological polar surface area (TPSA) is 67.4 Å². The number of hydrogen-bond acceptors (Lipinski definition) is 3. The third-order valence-electron chi connectivity index (χ3n) is 3.97. The third-order valence-corrected chi connectivity index (χ3v) is 3.97. The van der Waals surface area contributed by atoms with Crippen LogP contribution < -0.4 is 15.4 Å². The van der Waals surface area contributed by atoms with Crippen molar-refractivity contribution in [2.75, 3.05) is 13.2 Å². The van der Waals surface area contributed by atoms with E-state index in [0.29, 0.717) is 11.1 Å². The minimum Gasteiger partial charge on any atom is -0.484 e. The molecule has 0 bridgehead atoms. The number of alkyl halides is 3. The van der Waals surface area contributed by atoms with E-state index < -0.39 is 18.7 Å². The lowest BCUT2D eigenvalue weighted by Crippen LogP contribution is -2.36. The zero-order valence-electron chi connectivity index (χ0n) is 15.5. The largest absolute Gasteiger partial charge is 0.484 e. The maximum Gasteiger partial charge on any atom is 0.422 e. The predicted molar refractivity (Wildman–Crippen MR) is 98.1 cm³/mol. The average Bonchev–Trinajstić information content (AvgIpc) is 2.64. The van der Waals surface area contributed by atoms with E-state index in [0.717, 1.165) is 11.1 Å². The van der Waals surface area contributed by atoms with E-state index in [1.807, 2.05) is 19.9 Å². The summed E-state index contributed by atoms with van der Waals surface area (Å²) < 4.78 is 41.3. The molecule has 2 aromatic carbocycles. The van der Waals surface area contributed by atoms with Gasteiger partial charge < -0.3 is 15.4 Å². The number of nitrogens with one attached hydrogen (secondary N) is 2. The molecule has 0 spiro atoms. The van der Waals surface area contributed by atoms with Gasteiger partial charge in [0.25, 0.3) is 5.91 Å². The molecule has 0 saturated carbocycles. The number of carbonyl (C=O) groups excluding carboxylic acids is 2. The fourth-order valence-electron chi connectivity index (χ4n) is 2.32. The lowest BCUT2D eigenvalue weighted by atomic mass is 10.1. The smallest absolute Gasteiger partial charge is 0.422 e. The molecule has 0 aliphatic carbocycles. The molecule has 2 rings (SSSR count). The molecule has 150 valence electrons. The van der Waals surface area contributed by atoms with Crippen LogP contribution in [-0.2, 0) is 11.3 Å². The first-order chi connectivity index (χ1) is 13.1. The number of benzene rings is 2. The highest BCUT2D eigenvalue weighted by Crippen LogP contribution is 2.19. The van der Waals surface area contributed by atoms with Crippen molar-refractivity contribution in [1.29, 1.82) is 0 Å². The lowest BCUT2D eigenvalue weighted by Gasteiger charge is -2.11. The van der Waals surface area contributed by atoms with Crippen LogP contribution in [-0.4, -0.2) is 31.1 Å². The minimum atomic E-state index is -4.42. The predicted octanol–water partition coefficient (Wildman–Crippen LogP) is 3.29. The van der Waals surface area contributed by atoms with Gasteiger partial charge in [0.05, 0.1) is 6.54 Å². The van der Waals surface area contributed by atoms with E-state index in [1.54, 1.807) is 18.2 Å². The maximum atomic E-state index is 12.2. The maximum absolute atomic E-state index is 12.2. The van der Waals surface area contributed by atoms with Crippen molar-refractivity contribution in [3.05, 3.63) is 64.7 Å². The Morgan fingerprint density at radius 3 is 2.43 bits per heavy atom. The monoisotopic (exact) mass is 394 g/mol. The molecule has 2 amide bonds. The minimum absolute atomic E-state index is 0.0621. The van der Waals surface area contributed by atoms with Gasteiger partial charge in [-0.1, -0.05) is 18.2 Å². The summed E-state index contributed by atoms with van der Waals surface area (Å²) in [6.45, 7) is 2.34. The van der Waals surface area contributed by atoms with Crippen molar-refractivity contribution in [2.45, 2.75) is 26.6 Å². The Bertz CT molecular complexity index is 851. The summed E-state index contributed by atoms with van der Waals surface area (Å²) in [5, 5.41) is 5.12. The van der Waals surface area contributed by atoms with Crippen LogP contribution in [0, 0.1) is 13.8 Å². The summed E-state index contributed by atoms with van der Waals surface area (Å²) in [7, 11) is 0. The van der Waals surface area contributed by atoms with Crippen molar-refractivity contribution in [1.82, 2.24) is 10.6 Å². The van der Waals surface area contributed by atoms with Crippen LogP contribution in [0.3, 0.4) is 0 Å². The van der Waals surface area contributed by atoms with Crippen molar-refractivity contribution in [3.63, 3.8) is 0 Å². The quantitative estimate of drug-likeness (QED) is 0.757. The highest BCUT2D eigenvalue weighted by Gasteiger charge is 2.28. The van der Waals surface area contributed by atoms with Crippen LogP contribution in [0.1, 0.15) is 27.0 Å². The van der Waals surface area contributed by atoms with Crippen LogP contribution in [0.2, 0.25) is 0 Å². The average molecular weight is 394 g/mol. The second kappa shape index (κ2) is 9.25. The Labute approximate surface area is 160 Å². The molecule has 0 aromatic heterocycles. The molecule has 8 heteroatoms. The van der Waals surface area contributed by atoms with E-state index >= 15 is 0 Å². The van der Waals surface area contributed by atoms with Crippen molar-refractivity contribution >= 4 is 11.8 Å². The number of ether oxygens (including phenoxy) is 1. The molecule has 28 heavy (non-hydrogen) atoms. The van der Waals surface area contributed by atoms with Gasteiger partial charge >= 0.3 is 6.18 Å². The number of aryl methyl sites for hydroxylation is 2. The Balaban J connectivity index is 1.80. The van der Waals surface area contributed by atoms with Gasteiger partial charge in [0.1, 0.15) is 5.75 Å². The normalized spacial score (nSPS) is 11.0. The van der Waals surface area contributed by atoms with Crippen molar-refractivity contribution < 1.29 is 27.5 Å². The molecule has 2 N–H and O–H groups in total. The standard InChI is InChI=1S/C20H21F3N2O3/c1-13-6-7-16(8-14(13)2)19(27)25-11-18(26)24-10-15-4-3-5-17(9-15)28-12-20(21,22)23/h3-9H,10-12H2,1-2H3,(H,24,26)(H,25,27). The van der Waals surface area contributed by atoms with Crippen LogP contribution in [0.4, 0.5) is 13.2 Å². The van der Waals surface area contributed by atoms with Crippen LogP contribution >= 0.6 is 0 Å². The molecule has 0 saturated heterocycles.